The van der Waals surface area contributed by atoms with E-state index in [1.54, 1.807) is 6.92 Å². The lowest BCUT2D eigenvalue weighted by atomic mass is 9.95. The van der Waals surface area contributed by atoms with Crippen molar-refractivity contribution in [2.75, 3.05) is 0 Å². The molecule has 0 fully saturated rings. The van der Waals surface area contributed by atoms with E-state index in [0.29, 0.717) is 5.92 Å². The van der Waals surface area contributed by atoms with E-state index in [2.05, 4.69) is 38.1 Å². The first-order chi connectivity index (χ1) is 10.0. The molecule has 0 radical (unpaired) electrons. The maximum atomic E-state index is 11.2. The van der Waals surface area contributed by atoms with Crippen LogP contribution in [0.3, 0.4) is 0 Å². The van der Waals surface area contributed by atoms with Crippen molar-refractivity contribution in [3.63, 3.8) is 0 Å². The van der Waals surface area contributed by atoms with Gasteiger partial charge in [-0.15, -0.1) is 0 Å². The molecule has 1 atom stereocenters. The molecule has 0 aliphatic carbocycles. The van der Waals surface area contributed by atoms with E-state index in [0.717, 1.165) is 12.0 Å². The van der Waals surface area contributed by atoms with Crippen LogP contribution in [0, 0.1) is 5.92 Å². The molecule has 0 spiro atoms. The summed E-state index contributed by atoms with van der Waals surface area (Å²) in [6, 6.07) is 8.41. The lowest BCUT2D eigenvalue weighted by Crippen LogP contribution is -2.04. The minimum absolute atomic E-state index is 0.0260. The van der Waals surface area contributed by atoms with Gasteiger partial charge in [0.25, 0.3) is 0 Å². The van der Waals surface area contributed by atoms with E-state index in [4.69, 9.17) is 0 Å². The highest BCUT2D eigenvalue weighted by Crippen LogP contribution is 2.17. The van der Waals surface area contributed by atoms with Gasteiger partial charge in [-0.3, -0.25) is 4.79 Å². The van der Waals surface area contributed by atoms with Gasteiger partial charge in [-0.1, -0.05) is 86.6 Å². The van der Waals surface area contributed by atoms with E-state index in [1.165, 1.54) is 5.56 Å². The third-order valence-electron chi connectivity index (χ3n) is 2.73. The van der Waals surface area contributed by atoms with E-state index < -0.39 is 0 Å². The molecule has 0 bridgehead atoms. The number of rotatable bonds is 4. The molecule has 1 heteroatoms. The van der Waals surface area contributed by atoms with Gasteiger partial charge in [0.05, 0.1) is 0 Å². The molecule has 0 aromatic heterocycles. The zero-order chi connectivity index (χ0) is 17.4. The van der Waals surface area contributed by atoms with Gasteiger partial charge in [0.1, 0.15) is 5.78 Å². The lowest BCUT2D eigenvalue weighted by Gasteiger charge is -2.10. The van der Waals surface area contributed by atoms with Crippen LogP contribution in [-0.4, -0.2) is 5.78 Å². The number of hydrogen-bond donors (Lipinski definition) is 0. The van der Waals surface area contributed by atoms with E-state index in [1.807, 2.05) is 48.5 Å². The van der Waals surface area contributed by atoms with Gasteiger partial charge in [0.15, 0.2) is 0 Å². The summed E-state index contributed by atoms with van der Waals surface area (Å²) in [7, 11) is 0. The molecule has 0 saturated heterocycles. The van der Waals surface area contributed by atoms with Gasteiger partial charge in [0, 0.05) is 5.92 Å². The Hall–Kier alpha value is -1.11. The molecule has 0 saturated carbocycles. The Balaban J connectivity index is -0.000000478. The summed E-state index contributed by atoms with van der Waals surface area (Å²) in [5.74, 6) is 0.936. The topological polar surface area (TPSA) is 17.1 Å². The van der Waals surface area contributed by atoms with Crippen molar-refractivity contribution in [2.45, 2.75) is 81.6 Å². The second kappa shape index (κ2) is 16.9. The third-order valence-corrected chi connectivity index (χ3v) is 2.73. The van der Waals surface area contributed by atoms with Gasteiger partial charge < -0.3 is 0 Å². The highest BCUT2D eigenvalue weighted by molar-refractivity contribution is 5.82. The van der Waals surface area contributed by atoms with Crippen LogP contribution in [0.2, 0.25) is 0 Å². The first-order valence-electron chi connectivity index (χ1n) is 8.60. The quantitative estimate of drug-likeness (QED) is 0.607. The Morgan fingerprint density at radius 3 is 1.52 bits per heavy atom. The van der Waals surface area contributed by atoms with Gasteiger partial charge in [-0.2, -0.15) is 0 Å². The van der Waals surface area contributed by atoms with Crippen molar-refractivity contribution in [1.29, 1.82) is 0 Å². The predicted octanol–water partition coefficient (Wildman–Crippen LogP) is 6.66. The molecule has 0 aliphatic rings. The molecule has 0 aliphatic heterocycles. The molecule has 124 valence electrons. The zero-order valence-corrected chi connectivity index (χ0v) is 16.1. The second-order valence-corrected chi connectivity index (χ2v) is 4.67. The number of benzene rings is 1. The van der Waals surface area contributed by atoms with Crippen molar-refractivity contribution in [3.8, 4) is 0 Å². The third kappa shape index (κ3) is 12.3. The smallest absolute Gasteiger partial charge is 0.136 e. The lowest BCUT2D eigenvalue weighted by molar-refractivity contribution is -0.118. The summed E-state index contributed by atoms with van der Waals surface area (Å²) in [6.45, 7) is 20.0. The molecule has 1 aromatic carbocycles. The Bertz CT molecular complexity index is 322. The maximum Gasteiger partial charge on any atom is 0.136 e. The standard InChI is InChI=1S/C14H20O.3C2H6/c1-10(2)9-13-5-7-14(8-6-13)11(3)12(4)15;3*1-2/h5-8,10-11H,9H2,1-4H3;3*1-2H3. The van der Waals surface area contributed by atoms with Crippen LogP contribution in [0.15, 0.2) is 24.3 Å². The number of carbonyl (C=O) groups is 1. The summed E-state index contributed by atoms with van der Waals surface area (Å²) in [6.07, 6.45) is 1.11. The fourth-order valence-electron chi connectivity index (χ4n) is 1.65. The van der Waals surface area contributed by atoms with Crippen molar-refractivity contribution in [2.24, 2.45) is 5.92 Å². The molecule has 1 unspecified atom stereocenters. The van der Waals surface area contributed by atoms with E-state index in [9.17, 15) is 4.79 Å². The van der Waals surface area contributed by atoms with Gasteiger partial charge in [0.2, 0.25) is 0 Å². The summed E-state index contributed by atoms with van der Waals surface area (Å²) in [5, 5.41) is 0. The van der Waals surface area contributed by atoms with Crippen LogP contribution in [0.4, 0.5) is 0 Å². The second-order valence-electron chi connectivity index (χ2n) is 4.67. The minimum atomic E-state index is 0.0260. The number of carbonyl (C=O) groups excluding carboxylic acids is 1. The predicted molar refractivity (Wildman–Crippen MR) is 98.1 cm³/mol. The number of ketones is 1. The molecule has 0 amide bonds. The Morgan fingerprint density at radius 1 is 0.857 bits per heavy atom. The molecule has 1 aromatic rings. The van der Waals surface area contributed by atoms with E-state index in [-0.39, 0.29) is 11.7 Å². The van der Waals surface area contributed by atoms with Gasteiger partial charge in [-0.25, -0.2) is 0 Å². The fraction of sp³-hybridized carbons (Fsp3) is 0.650. The fourth-order valence-corrected chi connectivity index (χ4v) is 1.65. The Labute approximate surface area is 134 Å². The van der Waals surface area contributed by atoms with Crippen molar-refractivity contribution < 1.29 is 4.79 Å². The first-order valence-corrected chi connectivity index (χ1v) is 8.60. The van der Waals surface area contributed by atoms with Crippen LogP contribution in [-0.2, 0) is 11.2 Å². The van der Waals surface area contributed by atoms with Gasteiger partial charge >= 0.3 is 0 Å². The maximum absolute atomic E-state index is 11.2. The van der Waals surface area contributed by atoms with Crippen molar-refractivity contribution >= 4 is 5.78 Å². The highest BCUT2D eigenvalue weighted by Gasteiger charge is 2.09. The molecule has 0 heterocycles. The molecule has 0 N–H and O–H groups in total. The van der Waals surface area contributed by atoms with Crippen molar-refractivity contribution in [1.82, 2.24) is 0 Å². The van der Waals surface area contributed by atoms with Gasteiger partial charge in [-0.05, 0) is 30.4 Å². The van der Waals surface area contributed by atoms with Crippen LogP contribution in [0.25, 0.3) is 0 Å². The summed E-state index contributed by atoms with van der Waals surface area (Å²) >= 11 is 0. The monoisotopic (exact) mass is 294 g/mol. The summed E-state index contributed by atoms with van der Waals surface area (Å²) in [4.78, 5) is 11.2. The Morgan fingerprint density at radius 2 is 1.24 bits per heavy atom. The summed E-state index contributed by atoms with van der Waals surface area (Å²) < 4.78 is 0. The Kier molecular flexibility index (Phi) is 20.1. The zero-order valence-electron chi connectivity index (χ0n) is 16.1. The van der Waals surface area contributed by atoms with Crippen molar-refractivity contribution in [3.05, 3.63) is 35.4 Å². The first kappa shape index (κ1) is 24.9. The van der Waals surface area contributed by atoms with E-state index >= 15 is 0 Å². The van der Waals surface area contributed by atoms with Crippen LogP contribution in [0.1, 0.15) is 86.3 Å². The SMILES string of the molecule is CC.CC.CC.CC(=O)C(C)c1ccc(CC(C)C)cc1. The minimum Gasteiger partial charge on any atom is -0.299 e. The molecular weight excluding hydrogens is 256 g/mol. The normalized spacial score (nSPS) is 10.0. The molecular formula is C20H38O. The summed E-state index contributed by atoms with van der Waals surface area (Å²) in [5.41, 5.74) is 2.47. The van der Waals surface area contributed by atoms with Crippen LogP contribution >= 0.6 is 0 Å². The molecule has 1 rings (SSSR count). The average molecular weight is 295 g/mol. The molecule has 21 heavy (non-hydrogen) atoms. The van der Waals surface area contributed by atoms with Crippen LogP contribution in [0.5, 0.6) is 0 Å². The average Bonchev–Trinajstić information content (AvgIpc) is 2.52. The number of hydrogen-bond acceptors (Lipinski definition) is 1. The highest BCUT2D eigenvalue weighted by atomic mass is 16.1. The number of Topliss-reactive ketones (excluding diaryl/α,β-unsaturated/α-hetero) is 1. The molecule has 1 nitrogen and oxygen atoms in total. The largest absolute Gasteiger partial charge is 0.299 e. The van der Waals surface area contributed by atoms with Crippen LogP contribution < -0.4 is 0 Å².